The highest BCUT2D eigenvalue weighted by Gasteiger charge is 2.33. The Labute approximate surface area is 149 Å². The lowest BCUT2D eigenvalue weighted by Crippen LogP contribution is -2.41. The minimum absolute atomic E-state index is 0.239. The number of amides is 2. The van der Waals surface area contributed by atoms with Crippen molar-refractivity contribution in [3.63, 3.8) is 0 Å². The second kappa shape index (κ2) is 6.53. The summed E-state index contributed by atoms with van der Waals surface area (Å²) < 4.78 is 6.21. The van der Waals surface area contributed by atoms with E-state index < -0.39 is 0 Å². The number of ether oxygens (including phenoxy) is 1. The van der Waals surface area contributed by atoms with Crippen molar-refractivity contribution in [3.05, 3.63) is 39.9 Å². The standard InChI is InChI=1S/C18H19BrN2O3/c1-20(2)9-4-10-21-17(22)11-5-7-13(19)16-14(24-3)8-6-12(15(11)16)18(21)23/h5-8H,4,9-10H2,1-3H3. The summed E-state index contributed by atoms with van der Waals surface area (Å²) in [7, 11) is 5.52. The third kappa shape index (κ3) is 2.70. The molecule has 5 nitrogen and oxygen atoms in total. The number of nitrogens with zero attached hydrogens (tertiary/aromatic N) is 2. The third-order valence-electron chi connectivity index (χ3n) is 4.23. The van der Waals surface area contributed by atoms with Gasteiger partial charge in [0.2, 0.25) is 0 Å². The van der Waals surface area contributed by atoms with Crippen molar-refractivity contribution in [2.45, 2.75) is 6.42 Å². The second-order valence-corrected chi connectivity index (χ2v) is 6.93. The predicted molar refractivity (Wildman–Crippen MR) is 96.7 cm³/mol. The van der Waals surface area contributed by atoms with Crippen LogP contribution < -0.4 is 4.74 Å². The van der Waals surface area contributed by atoms with E-state index in [2.05, 4.69) is 15.9 Å². The van der Waals surface area contributed by atoms with Crippen molar-refractivity contribution in [2.75, 3.05) is 34.3 Å². The molecule has 0 N–H and O–H groups in total. The molecule has 1 aliphatic rings. The summed E-state index contributed by atoms with van der Waals surface area (Å²) in [6, 6.07) is 7.11. The molecule has 126 valence electrons. The molecule has 0 spiro atoms. The zero-order chi connectivity index (χ0) is 17.4. The van der Waals surface area contributed by atoms with Gasteiger partial charge in [0.25, 0.3) is 11.8 Å². The first-order valence-corrected chi connectivity index (χ1v) is 8.55. The van der Waals surface area contributed by atoms with E-state index >= 15 is 0 Å². The molecule has 0 fully saturated rings. The van der Waals surface area contributed by atoms with Crippen LogP contribution in [-0.2, 0) is 0 Å². The average Bonchev–Trinajstić information content (AvgIpc) is 2.56. The Balaban J connectivity index is 2.10. The van der Waals surface area contributed by atoms with Crippen LogP contribution in [0.15, 0.2) is 28.7 Å². The molecule has 6 heteroatoms. The molecular formula is C18H19BrN2O3. The quantitative estimate of drug-likeness (QED) is 0.735. The number of methoxy groups -OCH3 is 1. The first-order valence-electron chi connectivity index (χ1n) is 7.76. The van der Waals surface area contributed by atoms with Crippen molar-refractivity contribution >= 4 is 38.5 Å². The first kappa shape index (κ1) is 16.9. The highest BCUT2D eigenvalue weighted by molar-refractivity contribution is 9.10. The Kier molecular flexibility index (Phi) is 4.60. The number of rotatable bonds is 5. The fourth-order valence-electron chi connectivity index (χ4n) is 3.08. The Morgan fingerprint density at radius 1 is 1.04 bits per heavy atom. The van der Waals surface area contributed by atoms with E-state index in [4.69, 9.17) is 4.74 Å². The van der Waals surface area contributed by atoms with Crippen LogP contribution in [0.2, 0.25) is 0 Å². The van der Waals surface area contributed by atoms with E-state index in [1.165, 1.54) is 4.90 Å². The zero-order valence-corrected chi connectivity index (χ0v) is 15.5. The summed E-state index contributed by atoms with van der Waals surface area (Å²) in [5.74, 6) is 0.165. The number of imide groups is 1. The van der Waals surface area contributed by atoms with Crippen LogP contribution in [-0.4, -0.2) is 55.9 Å². The van der Waals surface area contributed by atoms with Gasteiger partial charge < -0.3 is 9.64 Å². The van der Waals surface area contributed by atoms with Gasteiger partial charge in [0, 0.05) is 32.9 Å². The van der Waals surface area contributed by atoms with Gasteiger partial charge in [0.15, 0.2) is 0 Å². The van der Waals surface area contributed by atoms with Crippen molar-refractivity contribution in [3.8, 4) is 5.75 Å². The Morgan fingerprint density at radius 3 is 2.25 bits per heavy atom. The number of benzene rings is 2. The minimum Gasteiger partial charge on any atom is -0.496 e. The lowest BCUT2D eigenvalue weighted by Gasteiger charge is -2.28. The topological polar surface area (TPSA) is 49.9 Å². The number of carbonyl (C=O) groups is 2. The molecule has 24 heavy (non-hydrogen) atoms. The smallest absolute Gasteiger partial charge is 0.261 e. The summed E-state index contributed by atoms with van der Waals surface area (Å²) in [5, 5.41) is 1.43. The van der Waals surface area contributed by atoms with Gasteiger partial charge in [0.1, 0.15) is 5.75 Å². The molecule has 0 saturated carbocycles. The van der Waals surface area contributed by atoms with E-state index in [1.54, 1.807) is 25.3 Å². The van der Waals surface area contributed by atoms with Crippen LogP contribution in [0, 0.1) is 0 Å². The van der Waals surface area contributed by atoms with Gasteiger partial charge in [-0.2, -0.15) is 0 Å². The number of hydrogen-bond acceptors (Lipinski definition) is 4. The number of halogens is 1. The number of hydrogen-bond donors (Lipinski definition) is 0. The van der Waals surface area contributed by atoms with Crippen molar-refractivity contribution in [1.82, 2.24) is 9.80 Å². The lowest BCUT2D eigenvalue weighted by molar-refractivity contribution is 0.0606. The van der Waals surface area contributed by atoms with E-state index in [0.717, 1.165) is 22.8 Å². The van der Waals surface area contributed by atoms with Gasteiger partial charge in [-0.25, -0.2) is 0 Å². The maximum atomic E-state index is 12.8. The largest absolute Gasteiger partial charge is 0.496 e. The minimum atomic E-state index is -0.239. The van der Waals surface area contributed by atoms with Crippen LogP contribution in [0.3, 0.4) is 0 Å². The van der Waals surface area contributed by atoms with E-state index in [-0.39, 0.29) is 11.8 Å². The summed E-state index contributed by atoms with van der Waals surface area (Å²) >= 11 is 3.50. The van der Waals surface area contributed by atoms with Crippen LogP contribution in [0.4, 0.5) is 0 Å². The molecule has 2 aromatic rings. The van der Waals surface area contributed by atoms with Gasteiger partial charge in [0.05, 0.1) is 7.11 Å². The van der Waals surface area contributed by atoms with Crippen molar-refractivity contribution in [1.29, 1.82) is 0 Å². The number of carbonyl (C=O) groups excluding carboxylic acids is 2. The monoisotopic (exact) mass is 390 g/mol. The van der Waals surface area contributed by atoms with Crippen LogP contribution in [0.1, 0.15) is 27.1 Å². The molecule has 1 aliphatic heterocycles. The van der Waals surface area contributed by atoms with Gasteiger partial charge in [-0.1, -0.05) is 15.9 Å². The Morgan fingerprint density at radius 2 is 1.67 bits per heavy atom. The molecular weight excluding hydrogens is 372 g/mol. The van der Waals surface area contributed by atoms with Gasteiger partial charge >= 0.3 is 0 Å². The first-order chi connectivity index (χ1) is 11.5. The fourth-order valence-corrected chi connectivity index (χ4v) is 3.61. The summed E-state index contributed by atoms with van der Waals surface area (Å²) in [5.41, 5.74) is 1.10. The van der Waals surface area contributed by atoms with Crippen molar-refractivity contribution < 1.29 is 14.3 Å². The van der Waals surface area contributed by atoms with Crippen LogP contribution >= 0.6 is 15.9 Å². The molecule has 0 atom stereocenters. The second-order valence-electron chi connectivity index (χ2n) is 6.08. The molecule has 3 rings (SSSR count). The highest BCUT2D eigenvalue weighted by Crippen LogP contribution is 2.39. The third-order valence-corrected chi connectivity index (χ3v) is 4.89. The summed E-state index contributed by atoms with van der Waals surface area (Å²) in [4.78, 5) is 29.1. The van der Waals surface area contributed by atoms with Crippen LogP contribution in [0.25, 0.3) is 10.8 Å². The molecule has 0 unspecified atom stereocenters. The van der Waals surface area contributed by atoms with Gasteiger partial charge in [-0.3, -0.25) is 14.5 Å². The molecule has 0 radical (unpaired) electrons. The summed E-state index contributed by atoms with van der Waals surface area (Å²) in [6.45, 7) is 1.24. The van der Waals surface area contributed by atoms with Gasteiger partial charge in [-0.15, -0.1) is 0 Å². The lowest BCUT2D eigenvalue weighted by atomic mass is 9.93. The fraction of sp³-hybridized carbons (Fsp3) is 0.333. The summed E-state index contributed by atoms with van der Waals surface area (Å²) in [6.07, 6.45) is 0.746. The van der Waals surface area contributed by atoms with Crippen molar-refractivity contribution in [2.24, 2.45) is 0 Å². The van der Waals surface area contributed by atoms with Crippen LogP contribution in [0.5, 0.6) is 5.75 Å². The highest BCUT2D eigenvalue weighted by atomic mass is 79.9. The average molecular weight is 391 g/mol. The molecule has 1 heterocycles. The maximum Gasteiger partial charge on any atom is 0.261 e. The molecule has 0 aromatic heterocycles. The molecule has 2 aromatic carbocycles. The van der Waals surface area contributed by atoms with Gasteiger partial charge in [-0.05, 0) is 51.3 Å². The molecule has 2 amide bonds. The maximum absolute atomic E-state index is 12.8. The molecule has 0 saturated heterocycles. The normalized spacial score (nSPS) is 14.0. The zero-order valence-electron chi connectivity index (χ0n) is 13.9. The molecule has 0 aliphatic carbocycles. The SMILES string of the molecule is COc1ccc2c3c(ccc(Br)c13)C(=O)N(CCCN(C)C)C2=O. The molecule has 0 bridgehead atoms. The Bertz CT molecular complexity index is 810. The van der Waals surface area contributed by atoms with E-state index in [9.17, 15) is 9.59 Å². The predicted octanol–water partition coefficient (Wildman–Crippen LogP) is 3.16. The van der Waals surface area contributed by atoms with E-state index in [0.29, 0.717) is 28.8 Å². The van der Waals surface area contributed by atoms with E-state index in [1.807, 2.05) is 25.1 Å². The Hall–Kier alpha value is -1.92.